The third-order valence-electron chi connectivity index (χ3n) is 2.32. The molecule has 0 radical (unpaired) electrons. The van der Waals surface area contributed by atoms with Gasteiger partial charge >= 0.3 is 20.2 Å². The first-order valence-corrected chi connectivity index (χ1v) is 9.24. The lowest BCUT2D eigenvalue weighted by Gasteiger charge is -2.10. The van der Waals surface area contributed by atoms with Crippen LogP contribution in [0.4, 0.5) is 11.4 Å². The lowest BCUT2D eigenvalue weighted by Crippen LogP contribution is -2.18. The van der Waals surface area contributed by atoms with Crippen molar-refractivity contribution < 1.29 is 48.8 Å². The van der Waals surface area contributed by atoms with E-state index >= 15 is 0 Å². The van der Waals surface area contributed by atoms with Crippen LogP contribution in [0.25, 0.3) is 0 Å². The molecule has 0 heterocycles. The summed E-state index contributed by atoms with van der Waals surface area (Å²) in [6.45, 7) is 0. The Balaban J connectivity index is 4.59. The van der Waals surface area contributed by atoms with Gasteiger partial charge in [-0.15, -0.1) is 0 Å². The molecule has 0 bridgehead atoms. The van der Waals surface area contributed by atoms with Crippen molar-refractivity contribution in [2.75, 3.05) is 0 Å². The summed E-state index contributed by atoms with van der Waals surface area (Å²) in [6.07, 6.45) is 0. The highest BCUT2D eigenvalue weighted by Gasteiger charge is 2.45. The Morgan fingerprint density at radius 2 is 0.917 bits per heavy atom. The van der Waals surface area contributed by atoms with Crippen LogP contribution in [-0.2, 0) is 30.4 Å². The van der Waals surface area contributed by atoms with Gasteiger partial charge in [-0.3, -0.25) is 33.9 Å². The summed E-state index contributed by atoms with van der Waals surface area (Å²) in [5.41, 5.74) is -3.85. The minimum atomic E-state index is -6.03. The average molecular weight is 408 g/mol. The molecular weight excluding hydrogens is 404 g/mol. The first kappa shape index (κ1) is 19.8. The van der Waals surface area contributed by atoms with E-state index in [1.807, 2.05) is 0 Å². The zero-order valence-electron chi connectivity index (χ0n) is 10.6. The second kappa shape index (κ2) is 5.68. The fourth-order valence-corrected chi connectivity index (χ4v) is 5.07. The Morgan fingerprint density at radius 3 is 1.08 bits per heavy atom. The van der Waals surface area contributed by atoms with Crippen LogP contribution in [0.3, 0.4) is 0 Å². The smallest absolute Gasteiger partial charge is 0.282 e. The molecule has 0 fully saturated rings. The van der Waals surface area contributed by atoms with Crippen molar-refractivity contribution in [3.8, 4) is 0 Å². The number of rotatable bonds is 5. The standard InChI is InChI=1S/C6H4N2O13S3/c9-7(10)2-1-3(8(11)12)5(23(16,17)18)6(24(19,20)21)4(2)22(13,14)15/h1H,(H,13,14,15)(H,16,17,18)(H,19,20,21). The molecule has 0 spiro atoms. The van der Waals surface area contributed by atoms with Gasteiger partial charge in [0.15, 0.2) is 14.7 Å². The molecule has 0 aromatic heterocycles. The second-order valence-corrected chi connectivity index (χ2v) is 7.92. The molecule has 0 amide bonds. The van der Waals surface area contributed by atoms with Crippen LogP contribution in [0.1, 0.15) is 0 Å². The summed E-state index contributed by atoms with van der Waals surface area (Å²) >= 11 is 0. The number of nitro groups is 2. The maximum absolute atomic E-state index is 11.3. The summed E-state index contributed by atoms with van der Waals surface area (Å²) in [5, 5.41) is 21.6. The third-order valence-corrected chi connectivity index (χ3v) is 5.36. The molecule has 0 aliphatic carbocycles. The highest BCUT2D eigenvalue weighted by molar-refractivity contribution is 7.90. The van der Waals surface area contributed by atoms with Crippen LogP contribution < -0.4 is 0 Å². The number of nitrogens with zero attached hydrogens (tertiary/aromatic N) is 2. The molecule has 1 aromatic carbocycles. The molecule has 0 atom stereocenters. The summed E-state index contributed by atoms with van der Waals surface area (Å²) in [6, 6.07) is -0.319. The molecule has 134 valence electrons. The SMILES string of the molecule is O=[N+]([O-])c1cc([N+](=O)[O-])c(S(=O)(=O)O)c(S(=O)(=O)O)c1S(=O)(=O)O. The van der Waals surface area contributed by atoms with Gasteiger partial charge in [0.1, 0.15) is 0 Å². The topological polar surface area (TPSA) is 249 Å². The normalized spacial score (nSPS) is 12.8. The van der Waals surface area contributed by atoms with Gasteiger partial charge in [0.25, 0.3) is 21.5 Å². The highest BCUT2D eigenvalue weighted by atomic mass is 32.2. The predicted octanol–water partition coefficient (Wildman–Crippen LogP) is -0.757. The number of nitro benzene ring substituents is 2. The maximum Gasteiger partial charge on any atom is 0.302 e. The molecule has 18 heteroatoms. The summed E-state index contributed by atoms with van der Waals surface area (Å²) in [5.74, 6) is 0. The van der Waals surface area contributed by atoms with Crippen molar-refractivity contribution in [1.82, 2.24) is 0 Å². The molecule has 15 nitrogen and oxygen atoms in total. The fraction of sp³-hybridized carbons (Fsp3) is 0. The highest BCUT2D eigenvalue weighted by Crippen LogP contribution is 2.41. The van der Waals surface area contributed by atoms with Crippen LogP contribution in [0.2, 0.25) is 0 Å². The minimum Gasteiger partial charge on any atom is -0.282 e. The van der Waals surface area contributed by atoms with Crippen LogP contribution in [0.5, 0.6) is 0 Å². The third kappa shape index (κ3) is 3.63. The summed E-state index contributed by atoms with van der Waals surface area (Å²) in [4.78, 5) is 11.2. The van der Waals surface area contributed by atoms with Crippen LogP contribution in [-0.4, -0.2) is 48.8 Å². The van der Waals surface area contributed by atoms with Crippen molar-refractivity contribution in [2.24, 2.45) is 0 Å². The zero-order valence-corrected chi connectivity index (χ0v) is 13.1. The van der Waals surface area contributed by atoms with E-state index in [0.29, 0.717) is 0 Å². The molecule has 0 aliphatic rings. The van der Waals surface area contributed by atoms with E-state index in [1.54, 1.807) is 0 Å². The second-order valence-electron chi connectivity index (χ2n) is 3.84. The molecule has 1 aromatic rings. The lowest BCUT2D eigenvalue weighted by molar-refractivity contribution is -0.398. The number of hydrogen-bond acceptors (Lipinski definition) is 10. The lowest BCUT2D eigenvalue weighted by atomic mass is 10.3. The van der Waals surface area contributed by atoms with Gasteiger partial charge in [-0.2, -0.15) is 25.3 Å². The van der Waals surface area contributed by atoms with Crippen LogP contribution >= 0.6 is 0 Å². The van der Waals surface area contributed by atoms with E-state index in [0.717, 1.165) is 0 Å². The first-order valence-electron chi connectivity index (χ1n) is 4.91. The van der Waals surface area contributed by atoms with Crippen LogP contribution in [0.15, 0.2) is 20.8 Å². The van der Waals surface area contributed by atoms with E-state index in [1.165, 1.54) is 0 Å². The Bertz CT molecular complexity index is 997. The molecule has 0 unspecified atom stereocenters. The minimum absolute atomic E-state index is 0.319. The number of hydrogen-bond donors (Lipinski definition) is 3. The van der Waals surface area contributed by atoms with E-state index in [-0.39, 0.29) is 6.07 Å². The predicted molar refractivity (Wildman–Crippen MR) is 69.2 cm³/mol. The van der Waals surface area contributed by atoms with E-state index < -0.39 is 66.3 Å². The Kier molecular flexibility index (Phi) is 4.68. The van der Waals surface area contributed by atoms with Crippen molar-refractivity contribution in [2.45, 2.75) is 14.7 Å². The van der Waals surface area contributed by atoms with Crippen molar-refractivity contribution >= 4 is 41.7 Å². The largest absolute Gasteiger partial charge is 0.302 e. The monoisotopic (exact) mass is 408 g/mol. The van der Waals surface area contributed by atoms with Gasteiger partial charge in [0.2, 0.25) is 0 Å². The zero-order chi connectivity index (χ0) is 19.2. The molecule has 24 heavy (non-hydrogen) atoms. The van der Waals surface area contributed by atoms with Gasteiger partial charge in [-0.1, -0.05) is 0 Å². The quantitative estimate of drug-likeness (QED) is 0.308. The molecule has 0 aliphatic heterocycles. The Morgan fingerprint density at radius 1 is 0.667 bits per heavy atom. The maximum atomic E-state index is 11.3. The fourth-order valence-electron chi connectivity index (χ4n) is 1.60. The van der Waals surface area contributed by atoms with Gasteiger partial charge < -0.3 is 0 Å². The van der Waals surface area contributed by atoms with Crippen molar-refractivity contribution in [3.05, 3.63) is 26.3 Å². The molecule has 3 N–H and O–H groups in total. The van der Waals surface area contributed by atoms with Crippen molar-refractivity contribution in [1.29, 1.82) is 0 Å². The molecule has 1 rings (SSSR count). The van der Waals surface area contributed by atoms with E-state index in [2.05, 4.69) is 0 Å². The molecule has 0 saturated heterocycles. The van der Waals surface area contributed by atoms with Crippen LogP contribution in [0, 0.1) is 20.2 Å². The van der Waals surface area contributed by atoms with Gasteiger partial charge in [0, 0.05) is 0 Å². The summed E-state index contributed by atoms with van der Waals surface area (Å²) < 4.78 is 94.2. The Labute approximate surface area is 132 Å². The molecule has 0 saturated carbocycles. The van der Waals surface area contributed by atoms with Gasteiger partial charge in [-0.05, 0) is 0 Å². The van der Waals surface area contributed by atoms with Gasteiger partial charge in [0.05, 0.1) is 15.9 Å². The van der Waals surface area contributed by atoms with E-state index in [4.69, 9.17) is 13.7 Å². The summed E-state index contributed by atoms with van der Waals surface area (Å²) in [7, 11) is -17.8. The van der Waals surface area contributed by atoms with Gasteiger partial charge in [-0.25, -0.2) is 0 Å². The average Bonchev–Trinajstić information content (AvgIpc) is 2.32. The molecular formula is C6H4N2O13S3. The first-order chi connectivity index (χ1) is 10.5. The Hall–Kier alpha value is -2.25. The van der Waals surface area contributed by atoms with E-state index in [9.17, 15) is 45.5 Å². The number of benzene rings is 1. The van der Waals surface area contributed by atoms with Crippen molar-refractivity contribution in [3.63, 3.8) is 0 Å².